The van der Waals surface area contributed by atoms with Gasteiger partial charge < -0.3 is 20.3 Å². The van der Waals surface area contributed by atoms with Crippen LogP contribution < -0.4 is 10.6 Å². The number of hydrogen-bond acceptors (Lipinski definition) is 3. The zero-order valence-corrected chi connectivity index (χ0v) is 14.3. The third kappa shape index (κ3) is 3.69. The van der Waals surface area contributed by atoms with Gasteiger partial charge in [-0.2, -0.15) is 0 Å². The predicted octanol–water partition coefficient (Wildman–Crippen LogP) is 2.03. The van der Waals surface area contributed by atoms with Crippen molar-refractivity contribution in [1.29, 1.82) is 0 Å². The van der Waals surface area contributed by atoms with Gasteiger partial charge in [-0.1, -0.05) is 0 Å². The van der Waals surface area contributed by atoms with E-state index in [4.69, 9.17) is 29.2 Å². The van der Waals surface area contributed by atoms with Crippen molar-refractivity contribution >= 4 is 34.7 Å². The van der Waals surface area contributed by atoms with Gasteiger partial charge in [0.2, 0.25) is 0 Å². The van der Waals surface area contributed by atoms with Crippen LogP contribution in [0, 0.1) is 0 Å². The Bertz CT molecular complexity index is 351. The minimum absolute atomic E-state index is 0.0735. The van der Waals surface area contributed by atoms with E-state index in [1.54, 1.807) is 7.05 Å². The lowest BCUT2D eigenvalue weighted by atomic mass is 9.78. The van der Waals surface area contributed by atoms with Gasteiger partial charge >= 0.3 is 0 Å². The molecule has 110 valence electrons. The second kappa shape index (κ2) is 5.79. The van der Waals surface area contributed by atoms with E-state index in [1.807, 2.05) is 7.05 Å². The fourth-order valence-electron chi connectivity index (χ4n) is 3.14. The van der Waals surface area contributed by atoms with Gasteiger partial charge in [0.05, 0.1) is 0 Å². The van der Waals surface area contributed by atoms with Crippen molar-refractivity contribution in [2.24, 2.45) is 0 Å². The van der Waals surface area contributed by atoms with Crippen molar-refractivity contribution in [2.75, 3.05) is 14.1 Å². The maximum absolute atomic E-state index is 5.80. The fraction of sp³-hybridized carbons (Fsp3) is 0.846. The highest BCUT2D eigenvalue weighted by molar-refractivity contribution is 7.80. The highest BCUT2D eigenvalue weighted by Crippen LogP contribution is 2.39. The molecule has 4 nitrogen and oxygen atoms in total. The lowest BCUT2D eigenvalue weighted by molar-refractivity contribution is -0.0304. The summed E-state index contributed by atoms with van der Waals surface area (Å²) in [4.78, 5) is 2.28. The predicted molar refractivity (Wildman–Crippen MR) is 87.4 cm³/mol. The summed E-state index contributed by atoms with van der Waals surface area (Å²) in [5.74, 6) is 0. The van der Waals surface area contributed by atoms with Gasteiger partial charge in [0.1, 0.15) is 6.10 Å². The summed E-state index contributed by atoms with van der Waals surface area (Å²) in [6, 6.07) is 0. The largest absolute Gasteiger partial charge is 0.468 e. The monoisotopic (exact) mass is 303 g/mol. The van der Waals surface area contributed by atoms with E-state index in [1.165, 1.54) is 0 Å². The molecule has 0 aliphatic carbocycles. The second-order valence-electron chi connectivity index (χ2n) is 6.20. The van der Waals surface area contributed by atoms with E-state index in [9.17, 15) is 0 Å². The molecule has 0 aromatic heterocycles. The van der Waals surface area contributed by atoms with E-state index in [2.05, 4.69) is 43.2 Å². The first-order valence-electron chi connectivity index (χ1n) is 6.54. The second-order valence-corrected chi connectivity index (χ2v) is 6.96. The molecule has 0 aromatic carbocycles. The highest BCUT2D eigenvalue weighted by Gasteiger charge is 2.47. The Morgan fingerprint density at radius 1 is 1.05 bits per heavy atom. The van der Waals surface area contributed by atoms with Crippen LogP contribution in [0.4, 0.5) is 0 Å². The van der Waals surface area contributed by atoms with Crippen molar-refractivity contribution in [2.45, 2.75) is 57.7 Å². The topological polar surface area (TPSA) is 36.5 Å². The fourth-order valence-corrected chi connectivity index (χ4v) is 3.77. The number of rotatable bonds is 1. The van der Waals surface area contributed by atoms with Crippen LogP contribution >= 0.6 is 24.4 Å². The maximum Gasteiger partial charge on any atom is 0.256 e. The minimum atomic E-state index is -0.0735. The molecule has 0 spiro atoms. The Balaban J connectivity index is 2.93. The zero-order valence-electron chi connectivity index (χ0n) is 12.7. The normalized spacial score (nSPS) is 21.7. The molecule has 0 unspecified atom stereocenters. The average molecular weight is 303 g/mol. The van der Waals surface area contributed by atoms with Gasteiger partial charge in [0, 0.05) is 38.0 Å². The molecule has 0 amide bonds. The number of hydrogen-bond donors (Lipinski definition) is 2. The van der Waals surface area contributed by atoms with Crippen molar-refractivity contribution in [3.8, 4) is 0 Å². The Morgan fingerprint density at radius 2 is 1.53 bits per heavy atom. The van der Waals surface area contributed by atoms with E-state index in [0.717, 1.165) is 18.0 Å². The lowest BCUT2D eigenvalue weighted by Crippen LogP contribution is -2.66. The lowest BCUT2D eigenvalue weighted by Gasteiger charge is -2.55. The van der Waals surface area contributed by atoms with Gasteiger partial charge in [0.15, 0.2) is 5.11 Å². The zero-order chi connectivity index (χ0) is 14.8. The van der Waals surface area contributed by atoms with Crippen LogP contribution in [0.25, 0.3) is 0 Å². The molecule has 1 rings (SSSR count). The van der Waals surface area contributed by atoms with Gasteiger partial charge in [0.25, 0.3) is 5.17 Å². The third-order valence-corrected chi connectivity index (χ3v) is 4.25. The summed E-state index contributed by atoms with van der Waals surface area (Å²) < 4.78 is 5.80. The van der Waals surface area contributed by atoms with Crippen molar-refractivity contribution in [3.63, 3.8) is 0 Å². The number of thiocarbonyl (C=S) groups is 2. The van der Waals surface area contributed by atoms with Crippen LogP contribution in [0.5, 0.6) is 0 Å². The molecule has 1 heterocycles. The smallest absolute Gasteiger partial charge is 0.256 e. The number of ether oxygens (including phenoxy) is 1. The molecule has 0 saturated carbocycles. The Morgan fingerprint density at radius 3 is 1.89 bits per heavy atom. The van der Waals surface area contributed by atoms with Gasteiger partial charge in [-0.25, -0.2) is 0 Å². The van der Waals surface area contributed by atoms with Gasteiger partial charge in [-0.05, 0) is 52.1 Å². The molecule has 0 radical (unpaired) electrons. The molecule has 1 fully saturated rings. The van der Waals surface area contributed by atoms with E-state index >= 15 is 0 Å². The molecular weight excluding hydrogens is 278 g/mol. The minimum Gasteiger partial charge on any atom is -0.468 e. The van der Waals surface area contributed by atoms with Crippen LogP contribution in [0.3, 0.4) is 0 Å². The molecule has 1 aliphatic heterocycles. The molecular formula is C13H25N3OS2. The number of nitrogens with one attached hydrogen (secondary N) is 2. The van der Waals surface area contributed by atoms with Gasteiger partial charge in [-0.3, -0.25) is 0 Å². The van der Waals surface area contributed by atoms with Crippen LogP contribution in [-0.2, 0) is 4.74 Å². The SMILES string of the molecule is CNC(=S)OC1CC(C)(C)N(C(=S)NC)C(C)(C)C1. The number of likely N-dealkylation sites (tertiary alicyclic amines) is 1. The van der Waals surface area contributed by atoms with Crippen molar-refractivity contribution in [1.82, 2.24) is 15.5 Å². The standard InChI is InChI=1S/C13H25N3OS2/c1-12(2)7-9(17-11(19)15-6)8-13(3,4)16(12)10(18)14-5/h9H,7-8H2,1-6H3,(H,14,18)(H,15,19). The molecule has 0 bridgehead atoms. The van der Waals surface area contributed by atoms with E-state index < -0.39 is 0 Å². The van der Waals surface area contributed by atoms with E-state index in [-0.39, 0.29) is 17.2 Å². The Hall–Kier alpha value is -0.620. The highest BCUT2D eigenvalue weighted by atomic mass is 32.1. The van der Waals surface area contributed by atoms with Gasteiger partial charge in [-0.15, -0.1) is 0 Å². The van der Waals surface area contributed by atoms with Crippen molar-refractivity contribution < 1.29 is 4.74 Å². The molecule has 1 aliphatic rings. The summed E-state index contributed by atoms with van der Waals surface area (Å²) in [5, 5.41) is 7.20. The van der Waals surface area contributed by atoms with Crippen LogP contribution in [0.15, 0.2) is 0 Å². The first-order chi connectivity index (χ1) is 8.64. The third-order valence-electron chi connectivity index (χ3n) is 3.56. The van der Waals surface area contributed by atoms with Crippen LogP contribution in [0.2, 0.25) is 0 Å². The maximum atomic E-state index is 5.80. The summed E-state index contributed by atoms with van der Waals surface area (Å²) in [7, 11) is 3.65. The molecule has 2 N–H and O–H groups in total. The van der Waals surface area contributed by atoms with Crippen LogP contribution in [0.1, 0.15) is 40.5 Å². The summed E-state index contributed by atoms with van der Waals surface area (Å²) in [5.41, 5.74) is -0.147. The summed E-state index contributed by atoms with van der Waals surface area (Å²) in [6.07, 6.45) is 1.89. The molecule has 6 heteroatoms. The quantitative estimate of drug-likeness (QED) is 0.722. The number of piperidine rings is 1. The Labute approximate surface area is 127 Å². The average Bonchev–Trinajstić information content (AvgIpc) is 2.24. The van der Waals surface area contributed by atoms with E-state index in [0.29, 0.717) is 5.17 Å². The van der Waals surface area contributed by atoms with Crippen LogP contribution in [-0.4, -0.2) is 46.5 Å². The first kappa shape index (κ1) is 16.4. The van der Waals surface area contributed by atoms with Crippen molar-refractivity contribution in [3.05, 3.63) is 0 Å². The number of nitrogens with zero attached hydrogens (tertiary/aromatic N) is 1. The summed E-state index contributed by atoms with van der Waals surface area (Å²) >= 11 is 10.6. The Kier molecular flexibility index (Phi) is 5.01. The molecule has 0 aromatic rings. The first-order valence-corrected chi connectivity index (χ1v) is 7.36. The summed E-state index contributed by atoms with van der Waals surface area (Å²) in [6.45, 7) is 8.76. The molecule has 1 saturated heterocycles. The molecule has 19 heavy (non-hydrogen) atoms. The molecule has 0 atom stereocenters.